The van der Waals surface area contributed by atoms with Crippen LogP contribution in [0.3, 0.4) is 0 Å². The molecule has 0 unspecified atom stereocenters. The van der Waals surface area contributed by atoms with Crippen molar-refractivity contribution in [1.82, 2.24) is 9.97 Å². The molecule has 9 nitrogen and oxygen atoms in total. The Morgan fingerprint density at radius 1 is 1.20 bits per heavy atom. The molecular weight excluding hydrogens is 364 g/mol. The van der Waals surface area contributed by atoms with E-state index in [9.17, 15) is 13.2 Å². The first-order chi connectivity index (χ1) is 11.7. The van der Waals surface area contributed by atoms with E-state index in [1.165, 1.54) is 30.3 Å². The molecule has 1 atom stereocenters. The van der Waals surface area contributed by atoms with Gasteiger partial charge in [0.1, 0.15) is 11.6 Å². The van der Waals surface area contributed by atoms with E-state index in [0.29, 0.717) is 17.3 Å². The smallest absolute Gasteiger partial charge is 0.238 e. The summed E-state index contributed by atoms with van der Waals surface area (Å²) in [7, 11) is -3.77. The van der Waals surface area contributed by atoms with E-state index in [1.807, 2.05) is 6.92 Å². The van der Waals surface area contributed by atoms with Gasteiger partial charge in [-0.1, -0.05) is 18.7 Å². The lowest BCUT2D eigenvalue weighted by atomic mass is 10.3. The van der Waals surface area contributed by atoms with Crippen molar-refractivity contribution in [3.8, 4) is 0 Å². The number of nitrogens with zero attached hydrogens (tertiary/aromatic N) is 2. The van der Waals surface area contributed by atoms with Gasteiger partial charge in [0.15, 0.2) is 5.16 Å². The number of carbonyl (C=O) groups is 1. The van der Waals surface area contributed by atoms with Gasteiger partial charge in [0.25, 0.3) is 0 Å². The Hall–Kier alpha value is -2.37. The predicted molar refractivity (Wildman–Crippen MR) is 97.2 cm³/mol. The number of sulfonamides is 1. The van der Waals surface area contributed by atoms with E-state index >= 15 is 0 Å². The summed E-state index contributed by atoms with van der Waals surface area (Å²) in [6.45, 7) is 1.84. The molecule has 0 radical (unpaired) electrons. The van der Waals surface area contributed by atoms with Gasteiger partial charge in [-0.3, -0.25) is 4.79 Å². The highest BCUT2D eigenvalue weighted by molar-refractivity contribution is 8.00. The van der Waals surface area contributed by atoms with Crippen molar-refractivity contribution in [3.63, 3.8) is 0 Å². The highest BCUT2D eigenvalue weighted by Crippen LogP contribution is 2.25. The molecule has 1 aromatic heterocycles. The molecule has 0 bridgehead atoms. The maximum atomic E-state index is 12.4. The number of nitrogens with two attached hydrogens (primary N) is 3. The van der Waals surface area contributed by atoms with Crippen LogP contribution < -0.4 is 21.9 Å². The Morgan fingerprint density at radius 3 is 2.24 bits per heavy atom. The van der Waals surface area contributed by atoms with Crippen molar-refractivity contribution in [3.05, 3.63) is 30.3 Å². The highest BCUT2D eigenvalue weighted by Gasteiger charge is 2.20. The summed E-state index contributed by atoms with van der Waals surface area (Å²) in [6.07, 6.45) is 0.518. The predicted octanol–water partition coefficient (Wildman–Crippen LogP) is 0.798. The van der Waals surface area contributed by atoms with Crippen LogP contribution in [0.15, 0.2) is 40.4 Å². The summed E-state index contributed by atoms with van der Waals surface area (Å²) in [5, 5.41) is 7.58. The number of carbonyl (C=O) groups excluding carboxylic acids is 1. The Labute approximate surface area is 149 Å². The molecule has 7 N–H and O–H groups in total. The lowest BCUT2D eigenvalue weighted by Crippen LogP contribution is -2.25. The SMILES string of the molecule is CC[C@@H](Sc1nc(N)cc(N)n1)C(=O)Nc1ccc(S(N)(=O)=O)cc1. The quantitative estimate of drug-likeness (QED) is 0.420. The third-order valence-corrected chi connectivity index (χ3v) is 5.26. The van der Waals surface area contributed by atoms with E-state index in [2.05, 4.69) is 15.3 Å². The van der Waals surface area contributed by atoms with Crippen molar-refractivity contribution >= 4 is 45.0 Å². The Morgan fingerprint density at radius 2 is 1.76 bits per heavy atom. The van der Waals surface area contributed by atoms with Crippen LogP contribution in [0.25, 0.3) is 0 Å². The van der Waals surface area contributed by atoms with Crippen LogP contribution >= 0.6 is 11.8 Å². The summed E-state index contributed by atoms with van der Waals surface area (Å²) in [4.78, 5) is 20.5. The van der Waals surface area contributed by atoms with Gasteiger partial charge in [0, 0.05) is 11.8 Å². The molecule has 2 aromatic rings. The first-order valence-electron chi connectivity index (χ1n) is 7.19. The average molecular weight is 382 g/mol. The maximum Gasteiger partial charge on any atom is 0.238 e. The summed E-state index contributed by atoms with van der Waals surface area (Å²) in [5.74, 6) is 0.174. The molecule has 2 rings (SSSR count). The minimum Gasteiger partial charge on any atom is -0.383 e. The number of amides is 1. The monoisotopic (exact) mass is 382 g/mol. The first kappa shape index (κ1) is 19.0. The molecular formula is C14H18N6O3S2. The van der Waals surface area contributed by atoms with Gasteiger partial charge in [-0.05, 0) is 30.7 Å². The summed E-state index contributed by atoms with van der Waals surface area (Å²) in [5.41, 5.74) is 11.7. The molecule has 0 fully saturated rings. The molecule has 1 amide bonds. The number of anilines is 3. The van der Waals surface area contributed by atoms with Gasteiger partial charge in [-0.15, -0.1) is 0 Å². The second-order valence-corrected chi connectivity index (χ2v) is 7.80. The summed E-state index contributed by atoms with van der Waals surface area (Å²) in [6, 6.07) is 6.99. The molecule has 25 heavy (non-hydrogen) atoms. The fourth-order valence-corrected chi connectivity index (χ4v) is 3.33. The standard InChI is InChI=1S/C14H18N6O3S2/c1-2-10(24-14-19-11(15)7-12(16)20-14)13(21)18-8-3-5-9(6-4-8)25(17,22)23/h3-7,10H,2H2,1H3,(H,18,21)(H2,17,22,23)(H4,15,16,19,20)/t10-/m1/s1. The van der Waals surface area contributed by atoms with Crippen LogP contribution in [0.1, 0.15) is 13.3 Å². The lowest BCUT2D eigenvalue weighted by molar-refractivity contribution is -0.115. The lowest BCUT2D eigenvalue weighted by Gasteiger charge is -2.14. The number of nitrogens with one attached hydrogen (secondary N) is 1. The molecule has 0 spiro atoms. The van der Waals surface area contributed by atoms with Gasteiger partial charge in [-0.2, -0.15) is 0 Å². The van der Waals surface area contributed by atoms with Gasteiger partial charge in [0.05, 0.1) is 10.1 Å². The maximum absolute atomic E-state index is 12.4. The van der Waals surface area contributed by atoms with E-state index in [1.54, 1.807) is 0 Å². The number of thioether (sulfide) groups is 1. The number of nitrogen functional groups attached to an aromatic ring is 2. The van der Waals surface area contributed by atoms with E-state index in [0.717, 1.165) is 11.8 Å². The normalized spacial score (nSPS) is 12.6. The largest absolute Gasteiger partial charge is 0.383 e. The Kier molecular flexibility index (Phi) is 5.82. The second kappa shape index (κ2) is 7.68. The van der Waals surface area contributed by atoms with Crippen molar-refractivity contribution in [1.29, 1.82) is 0 Å². The van der Waals surface area contributed by atoms with Crippen LogP contribution in [0.4, 0.5) is 17.3 Å². The molecule has 134 valence electrons. The second-order valence-electron chi connectivity index (χ2n) is 5.07. The minimum atomic E-state index is -3.77. The molecule has 1 heterocycles. The molecule has 0 aliphatic rings. The third kappa shape index (κ3) is 5.31. The number of benzene rings is 1. The molecule has 11 heteroatoms. The third-order valence-electron chi connectivity index (χ3n) is 3.11. The molecule has 0 saturated carbocycles. The molecule has 1 aromatic carbocycles. The van der Waals surface area contributed by atoms with Gasteiger partial charge in [0.2, 0.25) is 15.9 Å². The van der Waals surface area contributed by atoms with Crippen LogP contribution in [0, 0.1) is 0 Å². The first-order valence-corrected chi connectivity index (χ1v) is 9.62. The summed E-state index contributed by atoms with van der Waals surface area (Å²) < 4.78 is 22.5. The van der Waals surface area contributed by atoms with Crippen molar-refractivity contribution < 1.29 is 13.2 Å². The number of primary sulfonamides is 1. The van der Waals surface area contributed by atoms with E-state index in [4.69, 9.17) is 16.6 Å². The van der Waals surface area contributed by atoms with E-state index < -0.39 is 15.3 Å². The zero-order valence-electron chi connectivity index (χ0n) is 13.3. The topological polar surface area (TPSA) is 167 Å². The van der Waals surface area contributed by atoms with Crippen LogP contribution in [0.5, 0.6) is 0 Å². The average Bonchev–Trinajstić information content (AvgIpc) is 2.51. The van der Waals surface area contributed by atoms with Crippen molar-refractivity contribution in [2.24, 2.45) is 5.14 Å². The van der Waals surface area contributed by atoms with Gasteiger partial charge in [-0.25, -0.2) is 23.5 Å². The van der Waals surface area contributed by atoms with Crippen molar-refractivity contribution in [2.75, 3.05) is 16.8 Å². The zero-order valence-corrected chi connectivity index (χ0v) is 15.0. The highest BCUT2D eigenvalue weighted by atomic mass is 32.2. The molecule has 0 aliphatic carbocycles. The minimum absolute atomic E-state index is 0.0319. The molecule has 0 aliphatic heterocycles. The zero-order chi connectivity index (χ0) is 18.6. The van der Waals surface area contributed by atoms with E-state index in [-0.39, 0.29) is 22.4 Å². The van der Waals surface area contributed by atoms with Crippen molar-refractivity contribution in [2.45, 2.75) is 28.6 Å². The summed E-state index contributed by atoms with van der Waals surface area (Å²) >= 11 is 1.14. The van der Waals surface area contributed by atoms with Crippen LogP contribution in [-0.2, 0) is 14.8 Å². The van der Waals surface area contributed by atoms with Crippen LogP contribution in [-0.4, -0.2) is 29.5 Å². The van der Waals surface area contributed by atoms with Gasteiger partial charge < -0.3 is 16.8 Å². The number of hydrogen-bond donors (Lipinski definition) is 4. The number of rotatable bonds is 6. The Bertz CT molecular complexity index is 850. The Balaban J connectivity index is 2.09. The number of aromatic nitrogens is 2. The molecule has 0 saturated heterocycles. The van der Waals surface area contributed by atoms with Gasteiger partial charge >= 0.3 is 0 Å². The fraction of sp³-hybridized carbons (Fsp3) is 0.214. The fourth-order valence-electron chi connectivity index (χ4n) is 1.91. The van der Waals surface area contributed by atoms with Crippen LogP contribution in [0.2, 0.25) is 0 Å². The number of hydrogen-bond acceptors (Lipinski definition) is 8.